The molecule has 5 nitrogen and oxygen atoms in total. The maximum atomic E-state index is 6.16. The molecule has 0 atom stereocenters. The highest BCUT2D eigenvalue weighted by Crippen LogP contribution is 2.30. The van der Waals surface area contributed by atoms with Crippen LogP contribution < -0.4 is 4.90 Å². The Bertz CT molecular complexity index is 577. The molecule has 3 aliphatic rings. The third kappa shape index (κ3) is 4.14. The van der Waals surface area contributed by atoms with Crippen molar-refractivity contribution in [2.75, 3.05) is 44.2 Å². The van der Waals surface area contributed by atoms with Crippen LogP contribution in [0.3, 0.4) is 0 Å². The van der Waals surface area contributed by atoms with E-state index in [4.69, 9.17) is 14.7 Å². The molecule has 1 aromatic heterocycles. The number of aryl methyl sites for hydroxylation is 2. The summed E-state index contributed by atoms with van der Waals surface area (Å²) in [5.41, 5.74) is 2.72. The molecule has 2 saturated heterocycles. The third-order valence-electron chi connectivity index (χ3n) is 5.97. The lowest BCUT2D eigenvalue weighted by Gasteiger charge is -2.35. The average molecular weight is 345 g/mol. The fourth-order valence-corrected chi connectivity index (χ4v) is 4.55. The highest BCUT2D eigenvalue weighted by Gasteiger charge is 2.25. The van der Waals surface area contributed by atoms with Crippen LogP contribution in [0.15, 0.2) is 0 Å². The normalized spacial score (nSPS) is 22.4. The zero-order valence-corrected chi connectivity index (χ0v) is 15.7. The molecular weight excluding hydrogens is 312 g/mol. The van der Waals surface area contributed by atoms with Crippen molar-refractivity contribution in [2.24, 2.45) is 0 Å². The van der Waals surface area contributed by atoms with Gasteiger partial charge in [0.05, 0.1) is 12.7 Å². The Balaban J connectivity index is 1.30. The molecule has 0 bridgehead atoms. The maximum Gasteiger partial charge on any atom is 0.135 e. The van der Waals surface area contributed by atoms with E-state index in [0.29, 0.717) is 6.10 Å². The van der Waals surface area contributed by atoms with Gasteiger partial charge in [-0.1, -0.05) is 0 Å². The van der Waals surface area contributed by atoms with Crippen molar-refractivity contribution < 1.29 is 4.74 Å². The second-order valence-electron chi connectivity index (χ2n) is 7.83. The van der Waals surface area contributed by atoms with E-state index in [1.54, 1.807) is 0 Å². The summed E-state index contributed by atoms with van der Waals surface area (Å²) in [6.45, 7) is 8.70. The van der Waals surface area contributed by atoms with Crippen LogP contribution in [-0.2, 0) is 17.6 Å². The molecule has 5 heteroatoms. The molecule has 0 radical (unpaired) electrons. The summed E-state index contributed by atoms with van der Waals surface area (Å²) in [5.74, 6) is 2.15. The summed E-state index contributed by atoms with van der Waals surface area (Å²) in [6, 6.07) is 0. The molecule has 0 N–H and O–H groups in total. The number of rotatable bonds is 5. The summed E-state index contributed by atoms with van der Waals surface area (Å²) >= 11 is 0. The SMILES string of the molecule is Cc1nc2c(c(N3CCC(OCCN4CCCC4)CC3)n1)CCCC2. The fraction of sp³-hybridized carbons (Fsp3) is 0.800. The van der Waals surface area contributed by atoms with Gasteiger partial charge in [0.25, 0.3) is 0 Å². The van der Waals surface area contributed by atoms with Gasteiger partial charge in [0.2, 0.25) is 0 Å². The van der Waals surface area contributed by atoms with Crippen molar-refractivity contribution in [3.63, 3.8) is 0 Å². The van der Waals surface area contributed by atoms with E-state index in [9.17, 15) is 0 Å². The zero-order valence-electron chi connectivity index (χ0n) is 15.7. The number of likely N-dealkylation sites (tertiary alicyclic amines) is 1. The van der Waals surface area contributed by atoms with Crippen LogP contribution >= 0.6 is 0 Å². The molecule has 0 unspecified atom stereocenters. The molecule has 0 amide bonds. The van der Waals surface area contributed by atoms with Gasteiger partial charge in [0.15, 0.2) is 0 Å². The van der Waals surface area contributed by atoms with Crippen LogP contribution in [0.25, 0.3) is 0 Å². The van der Waals surface area contributed by atoms with Gasteiger partial charge in [0, 0.05) is 30.9 Å². The standard InChI is InChI=1S/C20H32N4O/c1-16-21-19-7-3-2-6-18(19)20(22-16)24-12-8-17(9-13-24)25-15-14-23-10-4-5-11-23/h17H,2-15H2,1H3. The highest BCUT2D eigenvalue weighted by molar-refractivity contribution is 5.50. The minimum Gasteiger partial charge on any atom is -0.377 e. The van der Waals surface area contributed by atoms with Crippen molar-refractivity contribution in [3.8, 4) is 0 Å². The van der Waals surface area contributed by atoms with E-state index in [-0.39, 0.29) is 0 Å². The molecule has 2 aliphatic heterocycles. The summed E-state index contributed by atoms with van der Waals surface area (Å²) in [7, 11) is 0. The topological polar surface area (TPSA) is 41.5 Å². The Hall–Kier alpha value is -1.20. The molecule has 0 saturated carbocycles. The fourth-order valence-electron chi connectivity index (χ4n) is 4.55. The minimum atomic E-state index is 0.428. The number of aromatic nitrogens is 2. The number of hydrogen-bond acceptors (Lipinski definition) is 5. The predicted molar refractivity (Wildman–Crippen MR) is 100 cm³/mol. The smallest absolute Gasteiger partial charge is 0.135 e. The van der Waals surface area contributed by atoms with Gasteiger partial charge < -0.3 is 14.5 Å². The number of ether oxygens (including phenoxy) is 1. The van der Waals surface area contributed by atoms with Gasteiger partial charge in [-0.05, 0) is 71.4 Å². The van der Waals surface area contributed by atoms with Crippen LogP contribution in [0.4, 0.5) is 5.82 Å². The van der Waals surface area contributed by atoms with E-state index in [2.05, 4.69) is 9.80 Å². The first-order valence-electron chi connectivity index (χ1n) is 10.2. The van der Waals surface area contributed by atoms with Crippen molar-refractivity contribution in [1.82, 2.24) is 14.9 Å². The molecule has 138 valence electrons. The Morgan fingerprint density at radius 1 is 0.960 bits per heavy atom. The summed E-state index contributed by atoms with van der Waals surface area (Å²) in [5, 5.41) is 0. The number of nitrogens with zero attached hydrogens (tertiary/aromatic N) is 4. The van der Waals surface area contributed by atoms with E-state index in [1.807, 2.05) is 6.92 Å². The zero-order chi connectivity index (χ0) is 17.1. The van der Waals surface area contributed by atoms with E-state index in [0.717, 1.165) is 57.7 Å². The van der Waals surface area contributed by atoms with Gasteiger partial charge in [-0.15, -0.1) is 0 Å². The average Bonchev–Trinajstić information content (AvgIpc) is 3.15. The Labute approximate surface area is 151 Å². The molecule has 4 rings (SSSR count). The van der Waals surface area contributed by atoms with E-state index in [1.165, 1.54) is 55.8 Å². The molecule has 2 fully saturated rings. The van der Waals surface area contributed by atoms with Gasteiger partial charge in [0.1, 0.15) is 11.6 Å². The van der Waals surface area contributed by atoms with Crippen LogP contribution in [0.5, 0.6) is 0 Å². The quantitative estimate of drug-likeness (QED) is 0.821. The van der Waals surface area contributed by atoms with E-state index < -0.39 is 0 Å². The van der Waals surface area contributed by atoms with Gasteiger partial charge in [-0.2, -0.15) is 0 Å². The van der Waals surface area contributed by atoms with Gasteiger partial charge in [-0.25, -0.2) is 9.97 Å². The lowest BCUT2D eigenvalue weighted by molar-refractivity contribution is 0.0265. The first-order chi connectivity index (χ1) is 12.3. The number of hydrogen-bond donors (Lipinski definition) is 0. The molecule has 1 aliphatic carbocycles. The third-order valence-corrected chi connectivity index (χ3v) is 5.97. The second-order valence-corrected chi connectivity index (χ2v) is 7.83. The van der Waals surface area contributed by atoms with Crippen LogP contribution in [0.2, 0.25) is 0 Å². The van der Waals surface area contributed by atoms with Crippen molar-refractivity contribution in [1.29, 1.82) is 0 Å². The summed E-state index contributed by atoms with van der Waals surface area (Å²) in [4.78, 5) is 14.5. The second kappa shape index (κ2) is 8.00. The predicted octanol–water partition coefficient (Wildman–Crippen LogP) is 2.75. The van der Waals surface area contributed by atoms with Crippen molar-refractivity contribution in [3.05, 3.63) is 17.1 Å². The van der Waals surface area contributed by atoms with Gasteiger partial charge >= 0.3 is 0 Å². The first-order valence-corrected chi connectivity index (χ1v) is 10.2. The largest absolute Gasteiger partial charge is 0.377 e. The van der Waals surface area contributed by atoms with Crippen LogP contribution in [0, 0.1) is 6.92 Å². The molecule has 1 aromatic rings. The molecule has 0 spiro atoms. The molecular formula is C20H32N4O. The molecule has 3 heterocycles. The number of piperidine rings is 1. The number of anilines is 1. The Morgan fingerprint density at radius 2 is 1.72 bits per heavy atom. The van der Waals surface area contributed by atoms with Crippen LogP contribution in [0.1, 0.15) is 55.6 Å². The summed E-state index contributed by atoms with van der Waals surface area (Å²) < 4.78 is 6.16. The minimum absolute atomic E-state index is 0.428. The number of fused-ring (bicyclic) bond motifs is 1. The Morgan fingerprint density at radius 3 is 2.52 bits per heavy atom. The van der Waals surface area contributed by atoms with Crippen molar-refractivity contribution >= 4 is 5.82 Å². The maximum absolute atomic E-state index is 6.16. The van der Waals surface area contributed by atoms with Crippen LogP contribution in [-0.4, -0.2) is 60.3 Å². The monoisotopic (exact) mass is 344 g/mol. The van der Waals surface area contributed by atoms with E-state index >= 15 is 0 Å². The molecule has 25 heavy (non-hydrogen) atoms. The first kappa shape index (κ1) is 17.2. The van der Waals surface area contributed by atoms with Gasteiger partial charge in [-0.3, -0.25) is 0 Å². The Kier molecular flexibility index (Phi) is 5.51. The highest BCUT2D eigenvalue weighted by atomic mass is 16.5. The summed E-state index contributed by atoms with van der Waals surface area (Å²) in [6.07, 6.45) is 10.2. The lowest BCUT2D eigenvalue weighted by Crippen LogP contribution is -2.39. The lowest BCUT2D eigenvalue weighted by atomic mass is 9.95. The van der Waals surface area contributed by atoms with Crippen molar-refractivity contribution in [2.45, 2.75) is 64.4 Å². The molecule has 0 aromatic carbocycles.